The molecule has 8 heteroatoms. The summed E-state index contributed by atoms with van der Waals surface area (Å²) < 4.78 is 10.4. The van der Waals surface area contributed by atoms with Crippen molar-refractivity contribution in [3.8, 4) is 0 Å². The number of hydrogen-bond acceptors (Lipinski definition) is 6. The number of methoxy groups -OCH3 is 1. The molecule has 1 heterocycles. The van der Waals surface area contributed by atoms with E-state index in [-0.39, 0.29) is 18.7 Å². The van der Waals surface area contributed by atoms with Crippen molar-refractivity contribution < 1.29 is 23.9 Å². The number of amides is 2. The predicted octanol–water partition coefficient (Wildman–Crippen LogP) is 2.49. The molecule has 0 bridgehead atoms. The Kier molecular flexibility index (Phi) is 6.66. The lowest BCUT2D eigenvalue weighted by atomic mass is 9.88. The smallest absolute Gasteiger partial charge is 0.410 e. The van der Waals surface area contributed by atoms with Gasteiger partial charge in [0.05, 0.1) is 12.8 Å². The lowest BCUT2D eigenvalue weighted by Crippen LogP contribution is -2.65. The average molecular weight is 391 g/mol. The number of carbonyl (C=O) groups is 3. The second kappa shape index (κ2) is 8.60. The second-order valence-corrected chi connectivity index (χ2v) is 7.84. The molecule has 1 N–H and O–H groups in total. The zero-order chi connectivity index (χ0) is 20.9. The molecule has 1 aromatic rings. The Morgan fingerprint density at radius 2 is 1.68 bits per heavy atom. The zero-order valence-electron chi connectivity index (χ0n) is 17.2. The minimum Gasteiger partial charge on any atom is -0.468 e. The van der Waals surface area contributed by atoms with Gasteiger partial charge in [-0.25, -0.2) is 20.0 Å². The van der Waals surface area contributed by atoms with E-state index in [0.29, 0.717) is 18.8 Å². The van der Waals surface area contributed by atoms with Crippen LogP contribution in [-0.4, -0.2) is 54.2 Å². The molecule has 0 spiro atoms. The Bertz CT molecular complexity index is 706. The summed E-state index contributed by atoms with van der Waals surface area (Å²) in [6.45, 7) is 7.44. The Morgan fingerprint density at radius 1 is 1.11 bits per heavy atom. The molecule has 2 rings (SSSR count). The summed E-state index contributed by atoms with van der Waals surface area (Å²) >= 11 is 0. The molecule has 8 nitrogen and oxygen atoms in total. The third-order valence-corrected chi connectivity index (χ3v) is 4.50. The van der Waals surface area contributed by atoms with Crippen molar-refractivity contribution in [1.82, 2.24) is 10.3 Å². The van der Waals surface area contributed by atoms with Crippen LogP contribution < -0.4 is 10.4 Å². The number of carbonyl (C=O) groups excluding carboxylic acids is 3. The summed E-state index contributed by atoms with van der Waals surface area (Å²) in [7, 11) is 1.31. The Balaban J connectivity index is 2.19. The molecule has 1 aliphatic heterocycles. The summed E-state index contributed by atoms with van der Waals surface area (Å²) in [5.41, 5.74) is 1.98. The zero-order valence-corrected chi connectivity index (χ0v) is 17.2. The van der Waals surface area contributed by atoms with Crippen molar-refractivity contribution in [1.29, 1.82) is 0 Å². The van der Waals surface area contributed by atoms with Crippen molar-refractivity contribution in [3.05, 3.63) is 30.3 Å². The number of ether oxygens (including phenoxy) is 2. The highest BCUT2D eigenvalue weighted by Crippen LogP contribution is 2.27. The van der Waals surface area contributed by atoms with Crippen LogP contribution in [0, 0.1) is 0 Å². The van der Waals surface area contributed by atoms with E-state index in [4.69, 9.17) is 9.47 Å². The average Bonchev–Trinajstić information content (AvgIpc) is 2.65. The van der Waals surface area contributed by atoms with E-state index in [9.17, 15) is 14.4 Å². The Morgan fingerprint density at radius 3 is 2.14 bits per heavy atom. The molecule has 0 atom stereocenters. The minimum atomic E-state index is -1.12. The summed E-state index contributed by atoms with van der Waals surface area (Å²) in [6.07, 6.45) is 0.155. The van der Waals surface area contributed by atoms with Crippen molar-refractivity contribution in [2.75, 3.05) is 25.2 Å². The van der Waals surface area contributed by atoms with Gasteiger partial charge in [-0.05, 0) is 45.7 Å². The minimum absolute atomic E-state index is 0.260. The highest BCUT2D eigenvalue weighted by atomic mass is 16.6. The maximum Gasteiger partial charge on any atom is 0.410 e. The van der Waals surface area contributed by atoms with Gasteiger partial charge in [-0.1, -0.05) is 18.2 Å². The van der Waals surface area contributed by atoms with Crippen molar-refractivity contribution in [2.45, 2.75) is 51.7 Å². The molecule has 1 aromatic carbocycles. The number of hydrogen-bond donors (Lipinski definition) is 1. The van der Waals surface area contributed by atoms with Crippen LogP contribution in [0.1, 0.15) is 40.5 Å². The largest absolute Gasteiger partial charge is 0.468 e. The number of likely N-dealkylation sites (tertiary alicyclic amines) is 1. The molecule has 1 saturated heterocycles. The maximum atomic E-state index is 12.6. The van der Waals surface area contributed by atoms with Crippen LogP contribution in [0.2, 0.25) is 0 Å². The first-order valence-corrected chi connectivity index (χ1v) is 9.28. The van der Waals surface area contributed by atoms with E-state index in [2.05, 4.69) is 5.43 Å². The lowest BCUT2D eigenvalue weighted by molar-refractivity contribution is -0.151. The number of para-hydroxylation sites is 1. The molecule has 0 saturated carbocycles. The number of rotatable bonds is 4. The number of hydrazine groups is 1. The molecular weight excluding hydrogens is 362 g/mol. The highest BCUT2D eigenvalue weighted by molar-refractivity contribution is 5.92. The molecule has 1 fully saturated rings. The molecule has 0 aromatic heterocycles. The summed E-state index contributed by atoms with van der Waals surface area (Å²) in [4.78, 5) is 38.7. The predicted molar refractivity (Wildman–Crippen MR) is 105 cm³/mol. The van der Waals surface area contributed by atoms with E-state index in [1.807, 2.05) is 18.2 Å². The van der Waals surface area contributed by atoms with Gasteiger partial charge in [0.25, 0.3) is 0 Å². The van der Waals surface area contributed by atoms with Gasteiger partial charge >= 0.3 is 12.1 Å². The van der Waals surface area contributed by atoms with Crippen LogP contribution >= 0.6 is 0 Å². The van der Waals surface area contributed by atoms with Crippen LogP contribution in [0.25, 0.3) is 0 Å². The van der Waals surface area contributed by atoms with Crippen LogP contribution in [-0.2, 0) is 19.1 Å². The van der Waals surface area contributed by atoms with Crippen molar-refractivity contribution in [2.24, 2.45) is 0 Å². The first kappa shape index (κ1) is 21.7. The monoisotopic (exact) mass is 391 g/mol. The number of piperidine rings is 1. The molecule has 0 aliphatic carbocycles. The number of anilines is 1. The Hall–Kier alpha value is -2.61. The molecular formula is C20H29N3O5. The third kappa shape index (κ3) is 5.22. The first-order chi connectivity index (χ1) is 13.1. The van der Waals surface area contributed by atoms with Crippen LogP contribution in [0.15, 0.2) is 30.3 Å². The standard InChI is InChI=1S/C20H29N3O5/c1-15(24)23(16-9-7-6-8-10-16)21-20(17(25)27-5)11-13-22(14-12-20)18(26)28-19(2,3)4/h6-10,21H,11-14H2,1-5H3. The molecule has 0 radical (unpaired) electrons. The molecule has 0 unspecified atom stereocenters. The van der Waals surface area contributed by atoms with Crippen molar-refractivity contribution >= 4 is 23.7 Å². The number of nitrogens with zero attached hydrogens (tertiary/aromatic N) is 2. The lowest BCUT2D eigenvalue weighted by Gasteiger charge is -2.42. The van der Waals surface area contributed by atoms with Gasteiger partial charge in [0, 0.05) is 20.0 Å². The fourth-order valence-corrected chi connectivity index (χ4v) is 3.07. The summed E-state index contributed by atoms with van der Waals surface area (Å²) in [5.74, 6) is -0.734. The molecule has 2 amide bonds. The van der Waals surface area contributed by atoms with Gasteiger partial charge in [0.15, 0.2) is 0 Å². The maximum absolute atomic E-state index is 12.6. The van der Waals surface area contributed by atoms with E-state index < -0.39 is 23.2 Å². The van der Waals surface area contributed by atoms with Gasteiger partial charge in [-0.2, -0.15) is 0 Å². The number of benzene rings is 1. The topological polar surface area (TPSA) is 88.2 Å². The summed E-state index contributed by atoms with van der Waals surface area (Å²) in [5, 5.41) is 1.35. The highest BCUT2D eigenvalue weighted by Gasteiger charge is 2.45. The van der Waals surface area contributed by atoms with E-state index >= 15 is 0 Å². The van der Waals surface area contributed by atoms with E-state index in [1.165, 1.54) is 19.0 Å². The summed E-state index contributed by atoms with van der Waals surface area (Å²) in [6, 6.07) is 9.01. The van der Waals surface area contributed by atoms with E-state index in [0.717, 1.165) is 0 Å². The second-order valence-electron chi connectivity index (χ2n) is 7.84. The fraction of sp³-hybridized carbons (Fsp3) is 0.550. The van der Waals surface area contributed by atoms with Gasteiger partial charge in [-0.3, -0.25) is 4.79 Å². The normalized spacial score (nSPS) is 16.2. The fourth-order valence-electron chi connectivity index (χ4n) is 3.07. The molecule has 1 aliphatic rings. The SMILES string of the molecule is COC(=O)C1(NN(C(C)=O)c2ccccc2)CCN(C(=O)OC(C)(C)C)CC1. The van der Waals surface area contributed by atoms with Gasteiger partial charge < -0.3 is 14.4 Å². The van der Waals surface area contributed by atoms with E-state index in [1.54, 1.807) is 37.8 Å². The van der Waals surface area contributed by atoms with Gasteiger partial charge in [-0.15, -0.1) is 0 Å². The first-order valence-electron chi connectivity index (χ1n) is 9.28. The van der Waals surface area contributed by atoms with Gasteiger partial charge in [0.1, 0.15) is 11.1 Å². The van der Waals surface area contributed by atoms with Crippen LogP contribution in [0.4, 0.5) is 10.5 Å². The Labute approximate surface area is 165 Å². The van der Waals surface area contributed by atoms with Crippen LogP contribution in [0.5, 0.6) is 0 Å². The number of esters is 1. The molecule has 28 heavy (non-hydrogen) atoms. The third-order valence-electron chi connectivity index (χ3n) is 4.50. The quantitative estimate of drug-likeness (QED) is 0.627. The number of nitrogens with one attached hydrogen (secondary N) is 1. The van der Waals surface area contributed by atoms with Crippen LogP contribution in [0.3, 0.4) is 0 Å². The van der Waals surface area contributed by atoms with Crippen molar-refractivity contribution in [3.63, 3.8) is 0 Å². The molecule has 154 valence electrons. The van der Waals surface area contributed by atoms with Gasteiger partial charge in [0.2, 0.25) is 5.91 Å².